The first-order valence-corrected chi connectivity index (χ1v) is 5.65. The fourth-order valence-corrected chi connectivity index (χ4v) is 2.45. The van der Waals surface area contributed by atoms with Crippen LogP contribution < -0.4 is 5.73 Å². The van der Waals surface area contributed by atoms with Crippen LogP contribution in [0, 0.1) is 6.92 Å². The minimum atomic E-state index is 0.545. The maximum absolute atomic E-state index is 5.70. The van der Waals surface area contributed by atoms with Crippen molar-refractivity contribution >= 4 is 0 Å². The molecule has 2 aromatic rings. The molecule has 3 nitrogen and oxygen atoms in total. The number of H-pyrrole nitrogens is 1. The topological polar surface area (TPSA) is 54.7 Å². The lowest BCUT2D eigenvalue weighted by Crippen LogP contribution is -2.06. The molecule has 0 bridgehead atoms. The van der Waals surface area contributed by atoms with Gasteiger partial charge >= 0.3 is 0 Å². The van der Waals surface area contributed by atoms with Gasteiger partial charge in [-0.05, 0) is 31.4 Å². The van der Waals surface area contributed by atoms with E-state index < -0.39 is 0 Å². The van der Waals surface area contributed by atoms with Crippen LogP contribution >= 0.6 is 0 Å². The van der Waals surface area contributed by atoms with E-state index in [1.165, 1.54) is 22.3 Å². The molecule has 0 amide bonds. The van der Waals surface area contributed by atoms with E-state index in [1.54, 1.807) is 0 Å². The van der Waals surface area contributed by atoms with Gasteiger partial charge in [0.25, 0.3) is 0 Å². The Labute approximate surface area is 94.7 Å². The monoisotopic (exact) mass is 213 g/mol. The second-order valence-electron chi connectivity index (χ2n) is 4.39. The summed E-state index contributed by atoms with van der Waals surface area (Å²) in [7, 11) is 0. The molecule has 1 aliphatic rings. The van der Waals surface area contributed by atoms with Crippen LogP contribution in [0.3, 0.4) is 0 Å². The van der Waals surface area contributed by atoms with E-state index in [9.17, 15) is 0 Å². The van der Waals surface area contributed by atoms with Crippen LogP contribution in [0.4, 0.5) is 0 Å². The van der Waals surface area contributed by atoms with E-state index >= 15 is 0 Å². The molecule has 16 heavy (non-hydrogen) atoms. The van der Waals surface area contributed by atoms with Crippen molar-refractivity contribution in [3.8, 4) is 11.3 Å². The lowest BCUT2D eigenvalue weighted by molar-refractivity contribution is 0.895. The third-order valence-electron chi connectivity index (χ3n) is 3.32. The van der Waals surface area contributed by atoms with E-state index in [-0.39, 0.29) is 0 Å². The average molecular weight is 213 g/mol. The van der Waals surface area contributed by atoms with Gasteiger partial charge in [-0.2, -0.15) is 5.10 Å². The number of benzene rings is 1. The summed E-state index contributed by atoms with van der Waals surface area (Å²) in [5, 5.41) is 7.46. The Morgan fingerprint density at radius 1 is 1.38 bits per heavy atom. The van der Waals surface area contributed by atoms with Gasteiger partial charge in [0.15, 0.2) is 0 Å². The molecule has 0 saturated heterocycles. The van der Waals surface area contributed by atoms with Gasteiger partial charge in [0, 0.05) is 17.7 Å². The Kier molecular flexibility index (Phi) is 2.07. The maximum atomic E-state index is 5.70. The molecule has 0 spiro atoms. The number of rotatable bonds is 1. The predicted octanol–water partition coefficient (Wildman–Crippen LogP) is 1.94. The zero-order valence-corrected chi connectivity index (χ0v) is 9.38. The summed E-state index contributed by atoms with van der Waals surface area (Å²) in [4.78, 5) is 0. The highest BCUT2D eigenvalue weighted by Crippen LogP contribution is 2.33. The first-order chi connectivity index (χ1) is 7.79. The summed E-state index contributed by atoms with van der Waals surface area (Å²) in [5.41, 5.74) is 13.1. The van der Waals surface area contributed by atoms with Crippen LogP contribution in [0.25, 0.3) is 11.3 Å². The summed E-state index contributed by atoms with van der Waals surface area (Å²) < 4.78 is 0. The van der Waals surface area contributed by atoms with Crippen molar-refractivity contribution in [1.29, 1.82) is 0 Å². The Hall–Kier alpha value is -1.61. The third kappa shape index (κ3) is 1.28. The van der Waals surface area contributed by atoms with E-state index in [1.807, 2.05) is 0 Å². The summed E-state index contributed by atoms with van der Waals surface area (Å²) >= 11 is 0. The Balaban J connectivity index is 2.22. The zero-order chi connectivity index (χ0) is 11.1. The lowest BCUT2D eigenvalue weighted by atomic mass is 9.88. The molecule has 1 aromatic heterocycles. The van der Waals surface area contributed by atoms with Gasteiger partial charge in [-0.25, -0.2) is 0 Å². The molecular weight excluding hydrogens is 198 g/mol. The molecule has 82 valence electrons. The fourth-order valence-electron chi connectivity index (χ4n) is 2.45. The quantitative estimate of drug-likeness (QED) is 0.760. The van der Waals surface area contributed by atoms with E-state index in [0.29, 0.717) is 6.54 Å². The van der Waals surface area contributed by atoms with E-state index in [0.717, 1.165) is 24.2 Å². The smallest absolute Gasteiger partial charge is 0.0958 e. The van der Waals surface area contributed by atoms with Gasteiger partial charge in [-0.3, -0.25) is 5.10 Å². The van der Waals surface area contributed by atoms with Crippen molar-refractivity contribution in [1.82, 2.24) is 10.2 Å². The molecule has 1 aliphatic carbocycles. The molecule has 3 rings (SSSR count). The molecule has 1 heterocycles. The van der Waals surface area contributed by atoms with Crippen LogP contribution in [0.15, 0.2) is 18.2 Å². The lowest BCUT2D eigenvalue weighted by Gasteiger charge is -2.16. The molecule has 0 unspecified atom stereocenters. The number of fused-ring (bicyclic) bond motifs is 3. The number of aromatic amines is 1. The van der Waals surface area contributed by atoms with Crippen LogP contribution in [-0.4, -0.2) is 10.2 Å². The molecular formula is C13H15N3. The maximum Gasteiger partial charge on any atom is 0.0958 e. The Bertz CT molecular complexity index is 540. The van der Waals surface area contributed by atoms with Crippen LogP contribution in [0.5, 0.6) is 0 Å². The molecule has 3 heteroatoms. The second kappa shape index (κ2) is 3.46. The Morgan fingerprint density at radius 3 is 3.06 bits per heavy atom. The average Bonchev–Trinajstić information content (AvgIpc) is 2.72. The number of nitrogens with zero attached hydrogens (tertiary/aromatic N) is 1. The highest BCUT2D eigenvalue weighted by molar-refractivity contribution is 5.70. The number of hydrogen-bond acceptors (Lipinski definition) is 2. The minimum Gasteiger partial charge on any atom is -0.325 e. The number of hydrogen-bond donors (Lipinski definition) is 2. The van der Waals surface area contributed by atoms with Gasteiger partial charge in [0.2, 0.25) is 0 Å². The number of nitrogens with one attached hydrogen (secondary N) is 1. The van der Waals surface area contributed by atoms with Crippen molar-refractivity contribution < 1.29 is 0 Å². The van der Waals surface area contributed by atoms with Crippen LogP contribution in [0.2, 0.25) is 0 Å². The molecule has 0 fully saturated rings. The van der Waals surface area contributed by atoms with Gasteiger partial charge < -0.3 is 5.73 Å². The number of nitrogens with two attached hydrogens (primary N) is 1. The summed E-state index contributed by atoms with van der Waals surface area (Å²) in [6.07, 6.45) is 2.14. The SMILES string of the molecule is Cc1ccc2c(c1)-c1n[nH]c(CN)c1CC2. The number of aryl methyl sites for hydroxylation is 2. The van der Waals surface area contributed by atoms with Crippen molar-refractivity contribution in [3.05, 3.63) is 40.6 Å². The Morgan fingerprint density at radius 2 is 2.25 bits per heavy atom. The zero-order valence-electron chi connectivity index (χ0n) is 9.38. The molecule has 3 N–H and O–H groups in total. The highest BCUT2D eigenvalue weighted by Gasteiger charge is 2.21. The first kappa shape index (κ1) is 9.60. The predicted molar refractivity (Wildman–Crippen MR) is 64.1 cm³/mol. The summed E-state index contributed by atoms with van der Waals surface area (Å²) in [5.74, 6) is 0. The summed E-state index contributed by atoms with van der Waals surface area (Å²) in [6.45, 7) is 2.66. The summed E-state index contributed by atoms with van der Waals surface area (Å²) in [6, 6.07) is 6.60. The minimum absolute atomic E-state index is 0.545. The van der Waals surface area contributed by atoms with Gasteiger partial charge in [-0.1, -0.05) is 17.7 Å². The largest absolute Gasteiger partial charge is 0.325 e. The molecule has 0 radical (unpaired) electrons. The molecule has 0 atom stereocenters. The third-order valence-corrected chi connectivity index (χ3v) is 3.32. The normalized spacial score (nSPS) is 13.4. The van der Waals surface area contributed by atoms with E-state index in [2.05, 4.69) is 35.3 Å². The van der Waals surface area contributed by atoms with Crippen molar-refractivity contribution in [2.45, 2.75) is 26.3 Å². The molecule has 0 saturated carbocycles. The molecule has 1 aromatic carbocycles. The number of aromatic nitrogens is 2. The van der Waals surface area contributed by atoms with Crippen LogP contribution in [-0.2, 0) is 19.4 Å². The van der Waals surface area contributed by atoms with Gasteiger partial charge in [0.05, 0.1) is 11.4 Å². The van der Waals surface area contributed by atoms with Crippen molar-refractivity contribution in [2.24, 2.45) is 5.73 Å². The molecule has 0 aliphatic heterocycles. The van der Waals surface area contributed by atoms with Crippen molar-refractivity contribution in [2.75, 3.05) is 0 Å². The first-order valence-electron chi connectivity index (χ1n) is 5.65. The second-order valence-corrected chi connectivity index (χ2v) is 4.39. The standard InChI is InChI=1S/C13H15N3/c1-8-2-3-9-4-5-10-12(7-14)15-16-13(10)11(9)6-8/h2-3,6H,4-5,7,14H2,1H3,(H,15,16). The van der Waals surface area contributed by atoms with Gasteiger partial charge in [-0.15, -0.1) is 0 Å². The fraction of sp³-hybridized carbons (Fsp3) is 0.308. The van der Waals surface area contributed by atoms with Gasteiger partial charge in [0.1, 0.15) is 0 Å². The van der Waals surface area contributed by atoms with Crippen molar-refractivity contribution in [3.63, 3.8) is 0 Å². The van der Waals surface area contributed by atoms with E-state index in [4.69, 9.17) is 5.73 Å². The highest BCUT2D eigenvalue weighted by atomic mass is 15.1. The van der Waals surface area contributed by atoms with Crippen LogP contribution in [0.1, 0.15) is 22.4 Å².